The molecule has 100 valence electrons. The summed E-state index contributed by atoms with van der Waals surface area (Å²) in [5, 5.41) is 3.20. The second-order valence-electron chi connectivity index (χ2n) is 5.32. The molecule has 1 N–H and O–H groups in total. The molecule has 1 aliphatic carbocycles. The van der Waals surface area contributed by atoms with E-state index in [-0.39, 0.29) is 0 Å². The third-order valence-electron chi connectivity index (χ3n) is 3.84. The second kappa shape index (κ2) is 5.57. The zero-order valence-corrected chi connectivity index (χ0v) is 11.5. The van der Waals surface area contributed by atoms with E-state index in [1.54, 1.807) is 0 Å². The van der Waals surface area contributed by atoms with Crippen LogP contribution in [-0.4, -0.2) is 16.6 Å². The predicted octanol–water partition coefficient (Wildman–Crippen LogP) is 2.53. The molecule has 1 heterocycles. The number of imidazole rings is 1. The highest BCUT2D eigenvalue weighted by atomic mass is 15.1. The molecule has 1 aromatic heterocycles. The third-order valence-corrected chi connectivity index (χ3v) is 3.84. The second-order valence-corrected chi connectivity index (χ2v) is 5.32. The van der Waals surface area contributed by atoms with Gasteiger partial charge in [0.15, 0.2) is 0 Å². The molecule has 0 aliphatic heterocycles. The molecule has 3 nitrogen and oxygen atoms in total. The van der Waals surface area contributed by atoms with E-state index < -0.39 is 0 Å². The van der Waals surface area contributed by atoms with Crippen molar-refractivity contribution in [1.82, 2.24) is 14.9 Å². The molecule has 0 bridgehead atoms. The molecule has 0 fully saturated rings. The number of hydrogen-bond acceptors (Lipinski definition) is 2. The van der Waals surface area contributed by atoms with Gasteiger partial charge in [0.05, 0.1) is 12.0 Å². The highest BCUT2D eigenvalue weighted by Gasteiger charge is 2.15. The van der Waals surface area contributed by atoms with Crippen LogP contribution in [0.15, 0.2) is 30.6 Å². The summed E-state index contributed by atoms with van der Waals surface area (Å²) in [5.74, 6) is 0. The fourth-order valence-corrected chi connectivity index (χ4v) is 2.91. The van der Waals surface area contributed by atoms with E-state index in [2.05, 4.69) is 39.1 Å². The van der Waals surface area contributed by atoms with E-state index in [1.165, 1.54) is 41.8 Å². The van der Waals surface area contributed by atoms with Crippen molar-refractivity contribution < 1.29 is 0 Å². The Kier molecular flexibility index (Phi) is 3.65. The van der Waals surface area contributed by atoms with Crippen LogP contribution < -0.4 is 5.32 Å². The number of nitrogens with one attached hydrogen (secondary N) is 1. The maximum Gasteiger partial charge on any atom is 0.0954 e. The van der Waals surface area contributed by atoms with E-state index in [0.717, 1.165) is 19.5 Å². The number of hydrogen-bond donors (Lipinski definition) is 1. The number of benzene rings is 1. The lowest BCUT2D eigenvalue weighted by molar-refractivity contribution is 0.628. The predicted molar refractivity (Wildman–Crippen MR) is 77.2 cm³/mol. The van der Waals surface area contributed by atoms with Gasteiger partial charge in [0, 0.05) is 18.8 Å². The molecule has 0 spiro atoms. The van der Waals surface area contributed by atoms with E-state index in [1.807, 2.05) is 13.4 Å². The molecule has 0 atom stereocenters. The Morgan fingerprint density at radius 2 is 2.05 bits per heavy atom. The average molecular weight is 255 g/mol. The average Bonchev–Trinajstić information content (AvgIpc) is 2.83. The number of nitrogens with zero attached hydrogens (tertiary/aromatic N) is 2. The summed E-state index contributed by atoms with van der Waals surface area (Å²) in [6.07, 6.45) is 6.95. The van der Waals surface area contributed by atoms with Crippen LogP contribution in [0.1, 0.15) is 35.4 Å². The fraction of sp³-hybridized carbons (Fsp3) is 0.438. The van der Waals surface area contributed by atoms with Gasteiger partial charge in [-0.15, -0.1) is 0 Å². The van der Waals surface area contributed by atoms with Crippen molar-refractivity contribution in [2.24, 2.45) is 0 Å². The smallest absolute Gasteiger partial charge is 0.0954 e. The standard InChI is InChI=1S/C16H21N3/c1-17-10-13-5-4-6-14(9-13)11-19-12-18-15-7-2-3-8-16(15)19/h4-6,9,12,17H,2-3,7-8,10-11H2,1H3. The van der Waals surface area contributed by atoms with Gasteiger partial charge in [-0.3, -0.25) is 0 Å². The Labute approximate surface area is 114 Å². The van der Waals surface area contributed by atoms with Crippen LogP contribution in [-0.2, 0) is 25.9 Å². The molecule has 0 radical (unpaired) electrons. The molecule has 2 aromatic rings. The van der Waals surface area contributed by atoms with Crippen molar-refractivity contribution in [3.8, 4) is 0 Å². The van der Waals surface area contributed by atoms with Crippen LogP contribution in [0.2, 0.25) is 0 Å². The Bertz CT molecular complexity index is 557. The van der Waals surface area contributed by atoms with E-state index in [4.69, 9.17) is 0 Å². The summed E-state index contributed by atoms with van der Waals surface area (Å²) >= 11 is 0. The van der Waals surface area contributed by atoms with Crippen molar-refractivity contribution in [3.63, 3.8) is 0 Å². The fourth-order valence-electron chi connectivity index (χ4n) is 2.91. The molecule has 3 rings (SSSR count). The summed E-state index contributed by atoms with van der Waals surface area (Å²) in [6.45, 7) is 1.87. The summed E-state index contributed by atoms with van der Waals surface area (Å²) in [5.41, 5.74) is 5.47. The number of fused-ring (bicyclic) bond motifs is 1. The maximum atomic E-state index is 4.56. The molecule has 0 unspecified atom stereocenters. The van der Waals surface area contributed by atoms with Crippen molar-refractivity contribution >= 4 is 0 Å². The highest BCUT2D eigenvalue weighted by molar-refractivity contribution is 5.25. The SMILES string of the molecule is CNCc1cccc(Cn2cnc3c2CCCC3)c1. The minimum absolute atomic E-state index is 0.926. The van der Waals surface area contributed by atoms with Gasteiger partial charge in [0.1, 0.15) is 0 Å². The molecule has 3 heteroatoms. The molecular weight excluding hydrogens is 234 g/mol. The Morgan fingerprint density at radius 1 is 1.21 bits per heavy atom. The van der Waals surface area contributed by atoms with Gasteiger partial charge in [-0.1, -0.05) is 24.3 Å². The molecule has 1 aliphatic rings. The van der Waals surface area contributed by atoms with Gasteiger partial charge in [-0.05, 0) is 43.9 Å². The maximum absolute atomic E-state index is 4.56. The van der Waals surface area contributed by atoms with Crippen molar-refractivity contribution in [1.29, 1.82) is 0 Å². The Hall–Kier alpha value is -1.61. The summed E-state index contributed by atoms with van der Waals surface area (Å²) in [7, 11) is 1.99. The minimum atomic E-state index is 0.926. The summed E-state index contributed by atoms with van der Waals surface area (Å²) in [6, 6.07) is 8.80. The van der Waals surface area contributed by atoms with Crippen LogP contribution in [0, 0.1) is 0 Å². The van der Waals surface area contributed by atoms with Gasteiger partial charge in [0.25, 0.3) is 0 Å². The van der Waals surface area contributed by atoms with Gasteiger partial charge in [-0.2, -0.15) is 0 Å². The van der Waals surface area contributed by atoms with E-state index >= 15 is 0 Å². The molecule has 19 heavy (non-hydrogen) atoms. The Morgan fingerprint density at radius 3 is 2.95 bits per heavy atom. The van der Waals surface area contributed by atoms with Gasteiger partial charge >= 0.3 is 0 Å². The molecular formula is C16H21N3. The minimum Gasteiger partial charge on any atom is -0.330 e. The molecule has 0 saturated carbocycles. The quantitative estimate of drug-likeness (QED) is 0.910. The van der Waals surface area contributed by atoms with E-state index in [9.17, 15) is 0 Å². The first-order valence-electron chi connectivity index (χ1n) is 7.12. The first-order chi connectivity index (χ1) is 9.36. The lowest BCUT2D eigenvalue weighted by atomic mass is 10.0. The lowest BCUT2D eigenvalue weighted by Crippen LogP contribution is -2.10. The van der Waals surface area contributed by atoms with Gasteiger partial charge < -0.3 is 9.88 Å². The molecule has 0 saturated heterocycles. The van der Waals surface area contributed by atoms with Crippen LogP contribution in [0.5, 0.6) is 0 Å². The monoisotopic (exact) mass is 255 g/mol. The van der Waals surface area contributed by atoms with Gasteiger partial charge in [-0.25, -0.2) is 4.98 Å². The van der Waals surface area contributed by atoms with Crippen molar-refractivity contribution in [2.45, 2.75) is 38.8 Å². The third kappa shape index (κ3) is 2.71. The number of aromatic nitrogens is 2. The summed E-state index contributed by atoms with van der Waals surface area (Å²) in [4.78, 5) is 4.56. The van der Waals surface area contributed by atoms with Crippen LogP contribution in [0.4, 0.5) is 0 Å². The lowest BCUT2D eigenvalue weighted by Gasteiger charge is -2.14. The van der Waals surface area contributed by atoms with Crippen molar-refractivity contribution in [3.05, 3.63) is 53.1 Å². The molecule has 1 aromatic carbocycles. The number of rotatable bonds is 4. The van der Waals surface area contributed by atoms with Crippen LogP contribution >= 0.6 is 0 Å². The van der Waals surface area contributed by atoms with E-state index in [0.29, 0.717) is 0 Å². The normalized spacial score (nSPS) is 14.4. The van der Waals surface area contributed by atoms with Crippen LogP contribution in [0.3, 0.4) is 0 Å². The number of aryl methyl sites for hydroxylation is 1. The zero-order valence-electron chi connectivity index (χ0n) is 11.5. The first-order valence-corrected chi connectivity index (χ1v) is 7.12. The summed E-state index contributed by atoms with van der Waals surface area (Å²) < 4.78 is 2.33. The topological polar surface area (TPSA) is 29.9 Å². The first kappa shape index (κ1) is 12.4. The molecule has 0 amide bonds. The Balaban J connectivity index is 1.81. The largest absolute Gasteiger partial charge is 0.330 e. The van der Waals surface area contributed by atoms with Crippen molar-refractivity contribution in [2.75, 3.05) is 7.05 Å². The van der Waals surface area contributed by atoms with Gasteiger partial charge in [0.2, 0.25) is 0 Å². The van der Waals surface area contributed by atoms with Crippen LogP contribution in [0.25, 0.3) is 0 Å². The zero-order chi connectivity index (χ0) is 13.1. The highest BCUT2D eigenvalue weighted by Crippen LogP contribution is 2.20.